The zero-order valence-corrected chi connectivity index (χ0v) is 16.2. The van der Waals surface area contributed by atoms with Gasteiger partial charge in [0.1, 0.15) is 5.67 Å². The number of allylic oxidation sites excluding steroid dienone is 4. The van der Waals surface area contributed by atoms with Crippen molar-refractivity contribution in [2.45, 2.75) is 38.2 Å². The number of pyridine rings is 2. The molecule has 1 aliphatic rings. The molecule has 0 radical (unpaired) electrons. The molecule has 27 heavy (non-hydrogen) atoms. The van der Waals surface area contributed by atoms with Crippen molar-refractivity contribution in [3.8, 4) is 0 Å². The quantitative estimate of drug-likeness (QED) is 0.736. The molecule has 0 saturated heterocycles. The molecule has 2 aromatic rings. The van der Waals surface area contributed by atoms with Crippen molar-refractivity contribution in [3.63, 3.8) is 0 Å². The maximum Gasteiger partial charge on any atom is 0.255 e. The van der Waals surface area contributed by atoms with Crippen molar-refractivity contribution < 1.29 is 9.18 Å². The van der Waals surface area contributed by atoms with E-state index in [0.717, 1.165) is 23.3 Å². The SMILES string of the molecule is Cc1ncc(NC(=O)c2ccnc(C(C)(C)F)c2)cc1C1=CC(Cl)CC=C1. The smallest absolute Gasteiger partial charge is 0.255 e. The van der Waals surface area contributed by atoms with Gasteiger partial charge >= 0.3 is 0 Å². The first kappa shape index (κ1) is 19.2. The van der Waals surface area contributed by atoms with Crippen molar-refractivity contribution in [2.24, 2.45) is 0 Å². The Bertz CT molecular complexity index is 931. The van der Waals surface area contributed by atoms with E-state index in [2.05, 4.69) is 15.3 Å². The molecule has 1 aliphatic carbocycles. The van der Waals surface area contributed by atoms with Crippen LogP contribution >= 0.6 is 11.6 Å². The van der Waals surface area contributed by atoms with E-state index in [9.17, 15) is 9.18 Å². The number of carbonyl (C=O) groups is 1. The third-order valence-electron chi connectivity index (χ3n) is 4.31. The van der Waals surface area contributed by atoms with Gasteiger partial charge in [0.25, 0.3) is 5.91 Å². The van der Waals surface area contributed by atoms with E-state index in [-0.39, 0.29) is 17.0 Å². The number of rotatable bonds is 4. The van der Waals surface area contributed by atoms with Gasteiger partial charge in [-0.3, -0.25) is 14.8 Å². The second-order valence-corrected chi connectivity index (χ2v) is 7.55. The fourth-order valence-electron chi connectivity index (χ4n) is 2.82. The van der Waals surface area contributed by atoms with Crippen molar-refractivity contribution in [3.05, 3.63) is 71.3 Å². The minimum absolute atomic E-state index is 0.0538. The van der Waals surface area contributed by atoms with E-state index in [1.165, 1.54) is 26.1 Å². The van der Waals surface area contributed by atoms with Crippen molar-refractivity contribution in [2.75, 3.05) is 5.32 Å². The van der Waals surface area contributed by atoms with Crippen molar-refractivity contribution >= 4 is 28.8 Å². The fourth-order valence-corrected chi connectivity index (χ4v) is 3.06. The molecule has 0 spiro atoms. The Hall–Kier alpha value is -2.53. The van der Waals surface area contributed by atoms with Gasteiger partial charge in [-0.2, -0.15) is 0 Å². The van der Waals surface area contributed by atoms with Crippen LogP contribution in [0.15, 0.2) is 48.8 Å². The Morgan fingerprint density at radius 2 is 2.11 bits per heavy atom. The molecular weight excluding hydrogens is 365 g/mol. The molecule has 1 amide bonds. The summed E-state index contributed by atoms with van der Waals surface area (Å²) in [5.74, 6) is -0.345. The summed E-state index contributed by atoms with van der Waals surface area (Å²) in [5.41, 5.74) is 2.23. The Morgan fingerprint density at radius 3 is 2.81 bits per heavy atom. The van der Waals surface area contributed by atoms with Gasteiger partial charge in [0.2, 0.25) is 0 Å². The number of carbonyl (C=O) groups excluding carboxylic acids is 1. The van der Waals surface area contributed by atoms with Crippen LogP contribution in [-0.2, 0) is 5.67 Å². The minimum Gasteiger partial charge on any atom is -0.321 e. The monoisotopic (exact) mass is 385 g/mol. The van der Waals surface area contributed by atoms with Gasteiger partial charge in [0, 0.05) is 23.0 Å². The number of amides is 1. The second-order valence-electron chi connectivity index (χ2n) is 6.99. The third-order valence-corrected chi connectivity index (χ3v) is 4.61. The normalized spacial score (nSPS) is 16.8. The first-order valence-corrected chi connectivity index (χ1v) is 9.14. The van der Waals surface area contributed by atoms with E-state index >= 15 is 0 Å². The largest absolute Gasteiger partial charge is 0.321 e. The van der Waals surface area contributed by atoms with E-state index < -0.39 is 5.67 Å². The fraction of sp³-hybridized carbons (Fsp3) is 0.286. The molecule has 0 aromatic carbocycles. The van der Waals surface area contributed by atoms with Gasteiger partial charge in [-0.1, -0.05) is 18.2 Å². The van der Waals surface area contributed by atoms with Gasteiger partial charge in [-0.25, -0.2) is 4.39 Å². The number of nitrogens with one attached hydrogen (secondary N) is 1. The molecule has 0 fully saturated rings. The number of aromatic nitrogens is 2. The molecule has 2 heterocycles. The Balaban J connectivity index is 1.85. The summed E-state index contributed by atoms with van der Waals surface area (Å²) in [4.78, 5) is 21.0. The van der Waals surface area contributed by atoms with Gasteiger partial charge in [0.15, 0.2) is 0 Å². The molecule has 3 rings (SSSR count). The van der Waals surface area contributed by atoms with Gasteiger partial charge < -0.3 is 5.32 Å². The lowest BCUT2D eigenvalue weighted by Crippen LogP contribution is -2.16. The van der Waals surface area contributed by atoms with E-state index in [1.807, 2.05) is 31.2 Å². The van der Waals surface area contributed by atoms with Crippen LogP contribution in [0.1, 0.15) is 47.6 Å². The summed E-state index contributed by atoms with van der Waals surface area (Å²) >= 11 is 6.22. The highest BCUT2D eigenvalue weighted by Gasteiger charge is 2.22. The van der Waals surface area contributed by atoms with Crippen LogP contribution < -0.4 is 5.32 Å². The molecule has 0 bridgehead atoms. The molecule has 2 aromatic heterocycles. The summed E-state index contributed by atoms with van der Waals surface area (Å²) < 4.78 is 14.1. The number of halogens is 2. The molecule has 0 aliphatic heterocycles. The molecule has 0 saturated carbocycles. The average molecular weight is 386 g/mol. The number of hydrogen-bond donors (Lipinski definition) is 1. The summed E-state index contributed by atoms with van der Waals surface area (Å²) in [6.07, 6.45) is 9.84. The van der Waals surface area contributed by atoms with Crippen LogP contribution in [0.4, 0.5) is 10.1 Å². The zero-order valence-electron chi connectivity index (χ0n) is 15.5. The molecule has 1 atom stereocenters. The molecule has 1 N–H and O–H groups in total. The zero-order chi connectivity index (χ0) is 19.6. The van der Waals surface area contributed by atoms with Crippen molar-refractivity contribution in [1.82, 2.24) is 9.97 Å². The van der Waals surface area contributed by atoms with Crippen LogP contribution in [0.25, 0.3) is 5.57 Å². The predicted molar refractivity (Wildman–Crippen MR) is 107 cm³/mol. The first-order valence-electron chi connectivity index (χ1n) is 8.70. The third kappa shape index (κ3) is 4.61. The Labute approximate surface area is 163 Å². The second kappa shape index (κ2) is 7.61. The van der Waals surface area contributed by atoms with Gasteiger partial charge in [-0.15, -0.1) is 11.6 Å². The molecular formula is C21H21ClFN3O. The first-order chi connectivity index (χ1) is 12.7. The molecule has 140 valence electrons. The van der Waals surface area contributed by atoms with Crippen LogP contribution in [-0.4, -0.2) is 21.3 Å². The standard InChI is InChI=1S/C21H21ClFN3O/c1-13-18(14-5-4-6-16(22)9-14)11-17(12-25-13)26-20(27)15-7-8-24-19(10-15)21(2,3)23/h4-5,7-12,16H,6H2,1-3H3,(H,26,27). The summed E-state index contributed by atoms with van der Waals surface area (Å²) in [7, 11) is 0. The van der Waals surface area contributed by atoms with E-state index in [1.54, 1.807) is 12.3 Å². The van der Waals surface area contributed by atoms with Gasteiger partial charge in [-0.05, 0) is 51.0 Å². The lowest BCUT2D eigenvalue weighted by atomic mass is 9.98. The number of nitrogens with zero attached hydrogens (tertiary/aromatic N) is 2. The number of hydrogen-bond acceptors (Lipinski definition) is 3. The molecule has 1 unspecified atom stereocenters. The Kier molecular flexibility index (Phi) is 5.42. The predicted octanol–water partition coefficient (Wildman–Crippen LogP) is 5.19. The lowest BCUT2D eigenvalue weighted by Gasteiger charge is -2.15. The van der Waals surface area contributed by atoms with Crippen LogP contribution in [0.3, 0.4) is 0 Å². The topological polar surface area (TPSA) is 54.9 Å². The Morgan fingerprint density at radius 1 is 1.33 bits per heavy atom. The summed E-state index contributed by atoms with van der Waals surface area (Å²) in [5, 5.41) is 2.77. The maximum absolute atomic E-state index is 14.1. The highest BCUT2D eigenvalue weighted by atomic mass is 35.5. The minimum atomic E-state index is -1.62. The maximum atomic E-state index is 14.1. The average Bonchev–Trinajstić information content (AvgIpc) is 2.62. The summed E-state index contributed by atoms with van der Waals surface area (Å²) in [6, 6.07) is 4.88. The number of anilines is 1. The van der Waals surface area contributed by atoms with Crippen LogP contribution in [0.2, 0.25) is 0 Å². The highest BCUT2D eigenvalue weighted by Crippen LogP contribution is 2.28. The lowest BCUT2D eigenvalue weighted by molar-refractivity contribution is 0.102. The van der Waals surface area contributed by atoms with Crippen LogP contribution in [0, 0.1) is 6.92 Å². The highest BCUT2D eigenvalue weighted by molar-refractivity contribution is 6.22. The number of alkyl halides is 2. The van der Waals surface area contributed by atoms with E-state index in [4.69, 9.17) is 11.6 Å². The summed E-state index contributed by atoms with van der Waals surface area (Å²) in [6.45, 7) is 4.72. The van der Waals surface area contributed by atoms with Crippen LogP contribution in [0.5, 0.6) is 0 Å². The molecule has 6 heteroatoms. The molecule has 4 nitrogen and oxygen atoms in total. The number of aryl methyl sites for hydroxylation is 1. The van der Waals surface area contributed by atoms with E-state index in [0.29, 0.717) is 11.3 Å². The van der Waals surface area contributed by atoms with Crippen molar-refractivity contribution in [1.29, 1.82) is 0 Å². The van der Waals surface area contributed by atoms with Gasteiger partial charge in [0.05, 0.1) is 23.0 Å².